The molecule has 5 nitrogen and oxygen atoms in total. The predicted octanol–water partition coefficient (Wildman–Crippen LogP) is 0.991. The summed E-state index contributed by atoms with van der Waals surface area (Å²) in [6.45, 7) is 1.56. The topological polar surface area (TPSA) is 84.2 Å². The molecule has 1 aromatic carbocycles. The van der Waals surface area contributed by atoms with Crippen LogP contribution in [0.3, 0.4) is 0 Å². The summed E-state index contributed by atoms with van der Waals surface area (Å²) >= 11 is 0. The molecule has 0 bridgehead atoms. The van der Waals surface area contributed by atoms with Gasteiger partial charge in [-0.05, 0) is 18.6 Å². The molecule has 0 aliphatic carbocycles. The minimum absolute atomic E-state index is 0.0188. The maximum absolute atomic E-state index is 8.97. The first-order chi connectivity index (χ1) is 5.52. The van der Waals surface area contributed by atoms with Crippen molar-refractivity contribution in [3.63, 3.8) is 0 Å². The second-order valence-corrected chi connectivity index (χ2v) is 2.42. The van der Waals surface area contributed by atoms with E-state index in [1.807, 2.05) is 0 Å². The van der Waals surface area contributed by atoms with Gasteiger partial charge in [-0.15, -0.1) is 5.23 Å². The van der Waals surface area contributed by atoms with Gasteiger partial charge < -0.3 is 10.2 Å². The summed E-state index contributed by atoms with van der Waals surface area (Å²) in [4.78, 5) is 0. The highest BCUT2D eigenvalue weighted by Crippen LogP contribution is 2.31. The van der Waals surface area contributed by atoms with Crippen molar-refractivity contribution in [3.8, 4) is 11.5 Å². The Bertz CT molecular complexity index is 298. The van der Waals surface area contributed by atoms with Crippen LogP contribution in [0.15, 0.2) is 12.1 Å². The van der Waals surface area contributed by atoms with Crippen LogP contribution >= 0.6 is 0 Å². The van der Waals surface area contributed by atoms with Crippen LogP contribution in [-0.2, 0) is 0 Å². The normalized spacial score (nSPS) is 9.92. The van der Waals surface area contributed by atoms with Crippen molar-refractivity contribution in [2.24, 2.45) is 0 Å². The zero-order valence-corrected chi connectivity index (χ0v) is 6.39. The highest BCUT2D eigenvalue weighted by atomic mass is 16.8. The Morgan fingerprint density at radius 2 is 1.58 bits per heavy atom. The molecule has 0 aliphatic rings. The van der Waals surface area contributed by atoms with Gasteiger partial charge in [0, 0.05) is 6.07 Å². The lowest BCUT2D eigenvalue weighted by molar-refractivity contribution is 0.0287. The summed E-state index contributed by atoms with van der Waals surface area (Å²) < 4.78 is 0. The lowest BCUT2D eigenvalue weighted by Crippen LogP contribution is -2.12. The third-order valence-electron chi connectivity index (χ3n) is 1.51. The van der Waals surface area contributed by atoms with Crippen LogP contribution in [0, 0.1) is 6.92 Å². The molecule has 0 amide bonds. The molecule has 0 atom stereocenters. The van der Waals surface area contributed by atoms with E-state index in [4.69, 9.17) is 20.6 Å². The average molecular weight is 171 g/mol. The molecule has 0 heterocycles. The lowest BCUT2D eigenvalue weighted by Gasteiger charge is -2.11. The first-order valence-corrected chi connectivity index (χ1v) is 3.23. The Kier molecular flexibility index (Phi) is 2.07. The predicted molar refractivity (Wildman–Crippen MR) is 40.6 cm³/mol. The molecule has 0 aliphatic heterocycles. The molecule has 5 heteroatoms. The first kappa shape index (κ1) is 8.63. The van der Waals surface area contributed by atoms with Crippen LogP contribution in [0.2, 0.25) is 0 Å². The fourth-order valence-corrected chi connectivity index (χ4v) is 0.886. The summed E-state index contributed by atoms with van der Waals surface area (Å²) in [7, 11) is 0. The van der Waals surface area contributed by atoms with Crippen molar-refractivity contribution in [3.05, 3.63) is 17.7 Å². The number of rotatable bonds is 1. The average Bonchev–Trinajstić information content (AvgIpc) is 1.96. The summed E-state index contributed by atoms with van der Waals surface area (Å²) in [5, 5.41) is 35.1. The molecular formula is C7H9NO4. The maximum atomic E-state index is 8.97. The summed E-state index contributed by atoms with van der Waals surface area (Å²) in [5.41, 5.74) is 0.459. The Morgan fingerprint density at radius 1 is 1.08 bits per heavy atom. The maximum Gasteiger partial charge on any atom is 0.159 e. The minimum atomic E-state index is -0.399. The van der Waals surface area contributed by atoms with Gasteiger partial charge in [0.15, 0.2) is 11.5 Å². The largest absolute Gasteiger partial charge is 0.504 e. The molecule has 0 saturated heterocycles. The summed E-state index contributed by atoms with van der Waals surface area (Å²) in [6.07, 6.45) is 0. The Hall–Kier alpha value is -1.46. The van der Waals surface area contributed by atoms with Gasteiger partial charge in [0.05, 0.1) is 0 Å². The van der Waals surface area contributed by atoms with Crippen molar-refractivity contribution in [2.45, 2.75) is 6.92 Å². The molecule has 0 saturated carbocycles. The molecular weight excluding hydrogens is 162 g/mol. The molecule has 66 valence electrons. The highest BCUT2D eigenvalue weighted by molar-refractivity contribution is 5.58. The van der Waals surface area contributed by atoms with Crippen LogP contribution in [0.4, 0.5) is 5.69 Å². The second kappa shape index (κ2) is 2.88. The molecule has 0 fully saturated rings. The van der Waals surface area contributed by atoms with Gasteiger partial charge >= 0.3 is 0 Å². The van der Waals surface area contributed by atoms with Gasteiger partial charge in [-0.25, -0.2) is 0 Å². The molecule has 1 aromatic rings. The lowest BCUT2D eigenvalue weighted by atomic mass is 10.2. The van der Waals surface area contributed by atoms with E-state index in [0.29, 0.717) is 5.56 Å². The van der Waals surface area contributed by atoms with Gasteiger partial charge in [0.1, 0.15) is 5.69 Å². The Labute approximate surface area is 68.6 Å². The zero-order chi connectivity index (χ0) is 9.30. The zero-order valence-electron chi connectivity index (χ0n) is 6.39. The number of aromatic hydroxyl groups is 2. The third-order valence-corrected chi connectivity index (χ3v) is 1.51. The van der Waals surface area contributed by atoms with Crippen molar-refractivity contribution < 1.29 is 20.6 Å². The molecule has 0 unspecified atom stereocenters. The SMILES string of the molecule is Cc1cc(O)c(O)cc1N(O)O. The highest BCUT2D eigenvalue weighted by Gasteiger charge is 2.08. The van der Waals surface area contributed by atoms with E-state index in [0.717, 1.165) is 6.07 Å². The number of hydrogen-bond donors (Lipinski definition) is 4. The van der Waals surface area contributed by atoms with Crippen molar-refractivity contribution in [1.29, 1.82) is 0 Å². The van der Waals surface area contributed by atoms with Crippen LogP contribution < -0.4 is 5.23 Å². The van der Waals surface area contributed by atoms with Crippen LogP contribution in [-0.4, -0.2) is 20.6 Å². The van der Waals surface area contributed by atoms with Crippen molar-refractivity contribution >= 4 is 5.69 Å². The van der Waals surface area contributed by atoms with E-state index in [9.17, 15) is 0 Å². The van der Waals surface area contributed by atoms with E-state index in [1.54, 1.807) is 6.92 Å². The molecule has 12 heavy (non-hydrogen) atoms. The molecule has 0 aromatic heterocycles. The van der Waals surface area contributed by atoms with Crippen LogP contribution in [0.25, 0.3) is 0 Å². The number of phenols is 2. The monoisotopic (exact) mass is 171 g/mol. The van der Waals surface area contributed by atoms with Crippen LogP contribution in [0.1, 0.15) is 5.56 Å². The Balaban J connectivity index is 3.23. The van der Waals surface area contributed by atoms with Crippen molar-refractivity contribution in [1.82, 2.24) is 0 Å². The van der Waals surface area contributed by atoms with Gasteiger partial charge in [0.25, 0.3) is 0 Å². The van der Waals surface area contributed by atoms with Gasteiger partial charge in [-0.3, -0.25) is 10.4 Å². The van der Waals surface area contributed by atoms with Gasteiger partial charge in [-0.1, -0.05) is 0 Å². The molecule has 1 rings (SSSR count). The quantitative estimate of drug-likeness (QED) is 0.374. The fraction of sp³-hybridized carbons (Fsp3) is 0.143. The number of phenolic OH excluding ortho intramolecular Hbond substituents is 2. The Morgan fingerprint density at radius 3 is 2.08 bits per heavy atom. The number of benzene rings is 1. The smallest absolute Gasteiger partial charge is 0.159 e. The number of anilines is 1. The summed E-state index contributed by atoms with van der Waals surface area (Å²) in [5.74, 6) is -0.693. The standard InChI is InChI=1S/C7H9NO4/c1-4-2-6(9)7(10)3-5(4)8(11)12/h2-3,9-12H,1H3. The van der Waals surface area contributed by atoms with Crippen molar-refractivity contribution in [2.75, 3.05) is 5.23 Å². The van der Waals surface area contributed by atoms with E-state index in [-0.39, 0.29) is 16.7 Å². The van der Waals surface area contributed by atoms with Gasteiger partial charge in [-0.2, -0.15) is 0 Å². The number of aryl methyl sites for hydroxylation is 1. The summed E-state index contributed by atoms with van der Waals surface area (Å²) in [6, 6.07) is 2.27. The molecule has 4 N–H and O–H groups in total. The molecule has 0 spiro atoms. The van der Waals surface area contributed by atoms with E-state index in [2.05, 4.69) is 0 Å². The fourth-order valence-electron chi connectivity index (χ4n) is 0.886. The number of hydrogen-bond acceptors (Lipinski definition) is 5. The van der Waals surface area contributed by atoms with Gasteiger partial charge in [0.2, 0.25) is 0 Å². The second-order valence-electron chi connectivity index (χ2n) is 2.42. The van der Waals surface area contributed by atoms with E-state index < -0.39 is 5.75 Å². The van der Waals surface area contributed by atoms with E-state index >= 15 is 0 Å². The third kappa shape index (κ3) is 1.41. The molecule has 0 radical (unpaired) electrons. The number of nitrogens with zero attached hydrogens (tertiary/aromatic N) is 1. The van der Waals surface area contributed by atoms with Crippen LogP contribution in [0.5, 0.6) is 11.5 Å². The minimum Gasteiger partial charge on any atom is -0.504 e. The first-order valence-electron chi connectivity index (χ1n) is 3.23. The van der Waals surface area contributed by atoms with E-state index in [1.165, 1.54) is 6.07 Å².